The molecule has 0 fully saturated rings. The Labute approximate surface area is 204 Å². The number of esters is 1. The number of benzene rings is 3. The van der Waals surface area contributed by atoms with E-state index in [4.69, 9.17) is 14.2 Å². The number of nitrogens with zero attached hydrogens (tertiary/aromatic N) is 3. The van der Waals surface area contributed by atoms with Gasteiger partial charge in [0.2, 0.25) is 0 Å². The molecular weight excluding hydrogens is 495 g/mol. The number of carbonyl (C=O) groups excluding carboxylic acids is 1. The number of nitrogens with one attached hydrogen (secondary N) is 1. The minimum Gasteiger partial charge on any atom is -0.493 e. The average Bonchev–Trinajstić information content (AvgIpc) is 2.88. The molecule has 0 saturated heterocycles. The molecule has 0 saturated carbocycles. The third-order valence-electron chi connectivity index (χ3n) is 5.05. The van der Waals surface area contributed by atoms with Gasteiger partial charge in [-0.25, -0.2) is 17.6 Å². The zero-order valence-electron chi connectivity index (χ0n) is 19.0. The van der Waals surface area contributed by atoms with Crippen LogP contribution in [-0.4, -0.2) is 43.6 Å². The lowest BCUT2D eigenvalue weighted by Crippen LogP contribution is -2.26. The first-order chi connectivity index (χ1) is 17.2. The standard InChI is InChI=1S/C23H19FN4O7S/c1-33-20-12-14(36(31,32)26-19-10-6-4-8-17(19)24)11-16(21(20)34-2)23(30)35-13-28-22(29)15-7-3-5-9-18(15)25-27-28/h3-12,26H,13H2,1-2H3. The molecule has 0 atom stereocenters. The zero-order valence-corrected chi connectivity index (χ0v) is 19.8. The van der Waals surface area contributed by atoms with E-state index >= 15 is 0 Å². The molecule has 1 aromatic heterocycles. The van der Waals surface area contributed by atoms with Crippen molar-refractivity contribution in [2.75, 3.05) is 18.9 Å². The smallest absolute Gasteiger partial charge is 0.343 e. The first kappa shape index (κ1) is 24.6. The van der Waals surface area contributed by atoms with Crippen LogP contribution in [0.4, 0.5) is 10.1 Å². The van der Waals surface area contributed by atoms with Crippen LogP contribution in [0.5, 0.6) is 11.5 Å². The topological polar surface area (TPSA) is 139 Å². The highest BCUT2D eigenvalue weighted by Gasteiger charge is 2.26. The van der Waals surface area contributed by atoms with Crippen molar-refractivity contribution in [3.05, 3.63) is 82.4 Å². The molecule has 1 heterocycles. The molecule has 0 aliphatic carbocycles. The number of methoxy groups -OCH3 is 2. The van der Waals surface area contributed by atoms with Crippen LogP contribution in [0.2, 0.25) is 0 Å². The number of ether oxygens (including phenoxy) is 3. The van der Waals surface area contributed by atoms with E-state index in [0.29, 0.717) is 5.52 Å². The number of hydrogen-bond donors (Lipinski definition) is 1. The van der Waals surface area contributed by atoms with Crippen molar-refractivity contribution >= 4 is 32.6 Å². The lowest BCUT2D eigenvalue weighted by atomic mass is 10.2. The molecule has 0 aliphatic heterocycles. The molecule has 0 bridgehead atoms. The summed E-state index contributed by atoms with van der Waals surface area (Å²) >= 11 is 0. The van der Waals surface area contributed by atoms with Crippen LogP contribution in [0.25, 0.3) is 10.9 Å². The van der Waals surface area contributed by atoms with Gasteiger partial charge in [0.05, 0.1) is 30.2 Å². The Morgan fingerprint density at radius 3 is 2.50 bits per heavy atom. The van der Waals surface area contributed by atoms with Crippen LogP contribution in [0.15, 0.2) is 70.4 Å². The van der Waals surface area contributed by atoms with Gasteiger partial charge >= 0.3 is 5.97 Å². The molecule has 0 unspecified atom stereocenters. The predicted molar refractivity (Wildman–Crippen MR) is 126 cm³/mol. The van der Waals surface area contributed by atoms with E-state index in [0.717, 1.165) is 22.9 Å². The lowest BCUT2D eigenvalue weighted by molar-refractivity contribution is 0.0331. The van der Waals surface area contributed by atoms with Crippen LogP contribution in [0.1, 0.15) is 10.4 Å². The van der Waals surface area contributed by atoms with Crippen molar-refractivity contribution in [2.45, 2.75) is 11.6 Å². The number of para-hydroxylation sites is 1. The summed E-state index contributed by atoms with van der Waals surface area (Å²) in [5.74, 6) is -2.02. The van der Waals surface area contributed by atoms with Gasteiger partial charge in [0.1, 0.15) is 16.9 Å². The monoisotopic (exact) mass is 514 g/mol. The highest BCUT2D eigenvalue weighted by Crippen LogP contribution is 2.35. The highest BCUT2D eigenvalue weighted by molar-refractivity contribution is 7.92. The Hall–Kier alpha value is -4.52. The van der Waals surface area contributed by atoms with Gasteiger partial charge in [-0.2, -0.15) is 4.68 Å². The number of carbonyl (C=O) groups is 1. The Morgan fingerprint density at radius 2 is 1.78 bits per heavy atom. The maximum absolute atomic E-state index is 14.0. The zero-order chi connectivity index (χ0) is 25.9. The van der Waals surface area contributed by atoms with E-state index in [2.05, 4.69) is 15.0 Å². The fraction of sp³-hybridized carbons (Fsp3) is 0.130. The highest BCUT2D eigenvalue weighted by atomic mass is 32.2. The molecule has 186 valence electrons. The average molecular weight is 514 g/mol. The van der Waals surface area contributed by atoms with E-state index in [1.54, 1.807) is 24.3 Å². The van der Waals surface area contributed by atoms with Crippen LogP contribution >= 0.6 is 0 Å². The molecule has 3 aromatic carbocycles. The first-order valence-corrected chi connectivity index (χ1v) is 11.8. The lowest BCUT2D eigenvalue weighted by Gasteiger charge is -2.16. The van der Waals surface area contributed by atoms with Crippen molar-refractivity contribution < 1.29 is 31.8 Å². The van der Waals surface area contributed by atoms with E-state index in [-0.39, 0.29) is 28.1 Å². The first-order valence-electron chi connectivity index (χ1n) is 10.3. The van der Waals surface area contributed by atoms with Gasteiger partial charge in [-0.3, -0.25) is 9.52 Å². The van der Waals surface area contributed by atoms with Crippen LogP contribution in [0, 0.1) is 5.82 Å². The summed E-state index contributed by atoms with van der Waals surface area (Å²) in [5.41, 5.74) is -0.765. The molecule has 13 heteroatoms. The van der Waals surface area contributed by atoms with E-state index in [1.165, 1.54) is 32.4 Å². The molecule has 4 aromatic rings. The summed E-state index contributed by atoms with van der Waals surface area (Å²) in [6.45, 7) is -0.606. The third-order valence-corrected chi connectivity index (χ3v) is 6.39. The van der Waals surface area contributed by atoms with Crippen molar-refractivity contribution in [2.24, 2.45) is 0 Å². The summed E-state index contributed by atoms with van der Waals surface area (Å²) in [6.07, 6.45) is 0. The van der Waals surface area contributed by atoms with Crippen molar-refractivity contribution in [1.82, 2.24) is 15.0 Å². The van der Waals surface area contributed by atoms with E-state index < -0.39 is 39.0 Å². The van der Waals surface area contributed by atoms with Gasteiger partial charge < -0.3 is 14.2 Å². The number of hydrogen-bond acceptors (Lipinski definition) is 9. The molecule has 0 spiro atoms. The number of halogens is 1. The third kappa shape index (κ3) is 4.81. The van der Waals surface area contributed by atoms with Gasteiger partial charge in [0, 0.05) is 6.07 Å². The quantitative estimate of drug-likeness (QED) is 0.352. The predicted octanol–water partition coefficient (Wildman–Crippen LogP) is 2.56. The van der Waals surface area contributed by atoms with Crippen molar-refractivity contribution in [3.8, 4) is 11.5 Å². The van der Waals surface area contributed by atoms with E-state index in [9.17, 15) is 22.4 Å². The van der Waals surface area contributed by atoms with Gasteiger partial charge in [-0.1, -0.05) is 29.5 Å². The second-order valence-electron chi connectivity index (χ2n) is 7.26. The van der Waals surface area contributed by atoms with Crippen molar-refractivity contribution in [1.29, 1.82) is 0 Å². The number of rotatable bonds is 8. The normalized spacial score (nSPS) is 11.2. The summed E-state index contributed by atoms with van der Waals surface area (Å²) in [4.78, 5) is 25.1. The number of sulfonamides is 1. The van der Waals surface area contributed by atoms with Crippen molar-refractivity contribution in [3.63, 3.8) is 0 Å². The molecule has 0 radical (unpaired) electrons. The summed E-state index contributed by atoms with van der Waals surface area (Å²) in [7, 11) is -1.86. The molecular formula is C23H19FN4O7S. The Morgan fingerprint density at radius 1 is 1.06 bits per heavy atom. The SMILES string of the molecule is COc1cc(S(=O)(=O)Nc2ccccc2F)cc(C(=O)OCn2nnc3ccccc3c2=O)c1OC. The fourth-order valence-electron chi connectivity index (χ4n) is 3.30. The summed E-state index contributed by atoms with van der Waals surface area (Å²) in [6, 6.07) is 13.8. The largest absolute Gasteiger partial charge is 0.493 e. The van der Waals surface area contributed by atoms with Crippen LogP contribution < -0.4 is 19.8 Å². The maximum Gasteiger partial charge on any atom is 0.343 e. The molecule has 1 N–H and O–H groups in total. The number of aromatic nitrogens is 3. The minimum atomic E-state index is -4.36. The second kappa shape index (κ2) is 10.00. The van der Waals surface area contributed by atoms with Gasteiger partial charge in [0.25, 0.3) is 15.6 Å². The number of fused-ring (bicyclic) bond motifs is 1. The summed E-state index contributed by atoms with van der Waals surface area (Å²) in [5, 5.41) is 7.92. The fourth-order valence-corrected chi connectivity index (χ4v) is 4.41. The van der Waals surface area contributed by atoms with Gasteiger partial charge in [0.15, 0.2) is 18.2 Å². The summed E-state index contributed by atoms with van der Waals surface area (Å²) < 4.78 is 58.5. The second-order valence-corrected chi connectivity index (χ2v) is 8.95. The molecule has 0 amide bonds. The Bertz CT molecular complexity index is 1620. The maximum atomic E-state index is 14.0. The van der Waals surface area contributed by atoms with Crippen LogP contribution in [-0.2, 0) is 21.5 Å². The molecule has 36 heavy (non-hydrogen) atoms. The van der Waals surface area contributed by atoms with Crippen LogP contribution in [0.3, 0.4) is 0 Å². The Kier molecular flexibility index (Phi) is 6.83. The molecule has 0 aliphatic rings. The minimum absolute atomic E-state index is 0.0940. The number of anilines is 1. The van der Waals surface area contributed by atoms with E-state index in [1.807, 2.05) is 0 Å². The molecule has 4 rings (SSSR count). The van der Waals surface area contributed by atoms with Gasteiger partial charge in [-0.05, 0) is 30.3 Å². The molecule has 11 nitrogen and oxygen atoms in total. The Balaban J connectivity index is 1.67. The van der Waals surface area contributed by atoms with Gasteiger partial charge in [-0.15, -0.1) is 5.10 Å².